The Morgan fingerprint density at radius 2 is 2.24 bits per heavy atom. The molecule has 0 amide bonds. The number of carboxylic acid groups (broad SMARTS) is 1. The van der Waals surface area contributed by atoms with Crippen molar-refractivity contribution in [2.24, 2.45) is 5.73 Å². The molecule has 0 radical (unpaired) electrons. The largest absolute Gasteiger partial charge is 0.481 e. The molecule has 0 aliphatic carbocycles. The number of ether oxygens (including phenoxy) is 1. The van der Waals surface area contributed by atoms with Gasteiger partial charge in [0.05, 0.1) is 11.7 Å². The second kappa shape index (κ2) is 5.78. The van der Waals surface area contributed by atoms with Crippen LogP contribution in [-0.2, 0) is 14.9 Å². The van der Waals surface area contributed by atoms with E-state index in [2.05, 4.69) is 0 Å². The van der Waals surface area contributed by atoms with Crippen LogP contribution in [0, 0.1) is 6.92 Å². The lowest BCUT2D eigenvalue weighted by Gasteiger charge is -2.32. The summed E-state index contributed by atoms with van der Waals surface area (Å²) in [4.78, 5) is 12.0. The van der Waals surface area contributed by atoms with E-state index in [1.807, 2.05) is 45.0 Å². The smallest absolute Gasteiger partial charge is 0.315 e. The maximum Gasteiger partial charge on any atom is 0.315 e. The van der Waals surface area contributed by atoms with Gasteiger partial charge < -0.3 is 15.6 Å². The van der Waals surface area contributed by atoms with Gasteiger partial charge >= 0.3 is 5.97 Å². The molecule has 2 atom stereocenters. The summed E-state index contributed by atoms with van der Waals surface area (Å²) in [5.74, 6) is -0.871. The summed E-state index contributed by atoms with van der Waals surface area (Å²) >= 11 is 0. The molecule has 2 rings (SSSR count). The molecule has 0 aromatic heterocycles. The number of hydrogen-bond donors (Lipinski definition) is 2. The SMILES string of the molecule is Cc1cccc(C(CN)(CC2CCC(C)(C)O2)C(=O)O)c1. The zero-order valence-electron chi connectivity index (χ0n) is 13.1. The van der Waals surface area contributed by atoms with Crippen LogP contribution < -0.4 is 5.73 Å². The van der Waals surface area contributed by atoms with Gasteiger partial charge in [0.15, 0.2) is 0 Å². The molecule has 21 heavy (non-hydrogen) atoms. The van der Waals surface area contributed by atoms with Gasteiger partial charge in [-0.05, 0) is 45.6 Å². The molecule has 4 heteroatoms. The highest BCUT2D eigenvalue weighted by molar-refractivity contribution is 5.82. The van der Waals surface area contributed by atoms with Gasteiger partial charge in [0, 0.05) is 6.54 Å². The molecule has 3 N–H and O–H groups in total. The molecule has 0 spiro atoms. The van der Waals surface area contributed by atoms with Crippen molar-refractivity contribution < 1.29 is 14.6 Å². The van der Waals surface area contributed by atoms with Crippen LogP contribution in [-0.4, -0.2) is 29.3 Å². The third-order valence-electron chi connectivity index (χ3n) is 4.46. The van der Waals surface area contributed by atoms with Gasteiger partial charge in [0.2, 0.25) is 0 Å². The zero-order valence-corrected chi connectivity index (χ0v) is 13.1. The van der Waals surface area contributed by atoms with Crippen LogP contribution in [0.15, 0.2) is 24.3 Å². The molecular weight excluding hydrogens is 266 g/mol. The van der Waals surface area contributed by atoms with Crippen LogP contribution in [0.3, 0.4) is 0 Å². The van der Waals surface area contributed by atoms with Crippen molar-refractivity contribution in [1.29, 1.82) is 0 Å². The summed E-state index contributed by atoms with van der Waals surface area (Å²) in [7, 11) is 0. The van der Waals surface area contributed by atoms with E-state index < -0.39 is 11.4 Å². The van der Waals surface area contributed by atoms with Gasteiger partial charge in [0.1, 0.15) is 5.41 Å². The number of hydrogen-bond acceptors (Lipinski definition) is 3. The Balaban J connectivity index is 2.32. The van der Waals surface area contributed by atoms with Crippen LogP contribution in [0.25, 0.3) is 0 Å². The van der Waals surface area contributed by atoms with Crippen LogP contribution in [0.5, 0.6) is 0 Å². The fourth-order valence-corrected chi connectivity index (χ4v) is 3.17. The maximum absolute atomic E-state index is 12.0. The third kappa shape index (κ3) is 3.27. The number of benzene rings is 1. The summed E-state index contributed by atoms with van der Waals surface area (Å²) in [6.07, 6.45) is 2.20. The van der Waals surface area contributed by atoms with E-state index in [0.29, 0.717) is 6.42 Å². The monoisotopic (exact) mass is 291 g/mol. The Kier molecular flexibility index (Phi) is 4.40. The first-order chi connectivity index (χ1) is 9.79. The third-order valence-corrected chi connectivity index (χ3v) is 4.46. The minimum atomic E-state index is -1.07. The first kappa shape index (κ1) is 16.0. The molecule has 0 saturated carbocycles. The van der Waals surface area contributed by atoms with Crippen molar-refractivity contribution in [2.45, 2.75) is 57.2 Å². The van der Waals surface area contributed by atoms with Gasteiger partial charge in [-0.15, -0.1) is 0 Å². The van der Waals surface area contributed by atoms with Crippen LogP contribution in [0.1, 0.15) is 44.2 Å². The first-order valence-electron chi connectivity index (χ1n) is 7.47. The quantitative estimate of drug-likeness (QED) is 0.874. The Morgan fingerprint density at radius 3 is 2.71 bits per heavy atom. The molecular formula is C17H25NO3. The van der Waals surface area contributed by atoms with Crippen molar-refractivity contribution >= 4 is 5.97 Å². The molecule has 1 aromatic carbocycles. The highest BCUT2D eigenvalue weighted by Crippen LogP contribution is 2.38. The predicted molar refractivity (Wildman–Crippen MR) is 82.4 cm³/mol. The number of carbonyl (C=O) groups is 1. The van der Waals surface area contributed by atoms with E-state index in [4.69, 9.17) is 10.5 Å². The molecule has 1 heterocycles. The van der Waals surface area contributed by atoms with Crippen molar-refractivity contribution in [1.82, 2.24) is 0 Å². The topological polar surface area (TPSA) is 72.5 Å². The lowest BCUT2D eigenvalue weighted by Crippen LogP contribution is -2.45. The van der Waals surface area contributed by atoms with Gasteiger partial charge in [0.25, 0.3) is 0 Å². The highest BCUT2D eigenvalue weighted by Gasteiger charge is 2.44. The van der Waals surface area contributed by atoms with Crippen molar-refractivity contribution in [3.8, 4) is 0 Å². The molecule has 1 aliphatic rings. The Labute approximate surface area is 126 Å². The maximum atomic E-state index is 12.0. The van der Waals surface area contributed by atoms with Gasteiger partial charge in [-0.25, -0.2) is 0 Å². The fraction of sp³-hybridized carbons (Fsp3) is 0.588. The van der Waals surface area contributed by atoms with Crippen molar-refractivity contribution in [2.75, 3.05) is 6.54 Å². The van der Waals surface area contributed by atoms with Crippen molar-refractivity contribution in [3.63, 3.8) is 0 Å². The Hall–Kier alpha value is -1.39. The molecule has 1 fully saturated rings. The highest BCUT2D eigenvalue weighted by atomic mass is 16.5. The first-order valence-corrected chi connectivity index (χ1v) is 7.47. The average molecular weight is 291 g/mol. The lowest BCUT2D eigenvalue weighted by molar-refractivity contribution is -0.145. The molecule has 0 bridgehead atoms. The standard InChI is InChI=1S/C17H25NO3/c1-12-5-4-6-13(9-12)17(11-18,15(19)20)10-14-7-8-16(2,3)21-14/h4-6,9,14H,7-8,10-11,18H2,1-3H3,(H,19,20). The second-order valence-electron chi connectivity index (χ2n) is 6.70. The summed E-state index contributed by atoms with van der Waals surface area (Å²) in [5.41, 5.74) is 6.47. The molecule has 1 saturated heterocycles. The van der Waals surface area contributed by atoms with E-state index in [1.165, 1.54) is 0 Å². The van der Waals surface area contributed by atoms with E-state index in [0.717, 1.165) is 24.0 Å². The number of aryl methyl sites for hydroxylation is 1. The van der Waals surface area contributed by atoms with Gasteiger partial charge in [-0.3, -0.25) is 4.79 Å². The predicted octanol–water partition coefficient (Wildman–Crippen LogP) is 2.62. The molecule has 4 nitrogen and oxygen atoms in total. The molecule has 116 valence electrons. The lowest BCUT2D eigenvalue weighted by atomic mass is 9.75. The molecule has 2 unspecified atom stereocenters. The fourth-order valence-electron chi connectivity index (χ4n) is 3.17. The summed E-state index contributed by atoms with van der Waals surface area (Å²) in [5, 5.41) is 9.82. The van der Waals surface area contributed by atoms with Crippen molar-refractivity contribution in [3.05, 3.63) is 35.4 Å². The molecule has 1 aliphatic heterocycles. The average Bonchev–Trinajstić information content (AvgIpc) is 2.75. The van der Waals surface area contributed by atoms with Crippen LogP contribution in [0.4, 0.5) is 0 Å². The Morgan fingerprint density at radius 1 is 1.52 bits per heavy atom. The van der Waals surface area contributed by atoms with E-state index in [9.17, 15) is 9.90 Å². The summed E-state index contributed by atoms with van der Waals surface area (Å²) in [6, 6.07) is 7.62. The van der Waals surface area contributed by atoms with E-state index >= 15 is 0 Å². The number of aliphatic carboxylic acids is 1. The summed E-state index contributed by atoms with van der Waals surface area (Å²) < 4.78 is 5.99. The van der Waals surface area contributed by atoms with E-state index in [1.54, 1.807) is 0 Å². The molecule has 1 aromatic rings. The minimum Gasteiger partial charge on any atom is -0.481 e. The number of rotatable bonds is 5. The normalized spacial score (nSPS) is 23.7. The van der Waals surface area contributed by atoms with Crippen LogP contribution >= 0.6 is 0 Å². The zero-order chi connectivity index (χ0) is 15.7. The number of carboxylic acids is 1. The Bertz CT molecular complexity index is 527. The number of nitrogens with two attached hydrogens (primary N) is 1. The van der Waals surface area contributed by atoms with Gasteiger partial charge in [-0.1, -0.05) is 29.8 Å². The summed E-state index contributed by atoms with van der Waals surface area (Å²) in [6.45, 7) is 6.13. The second-order valence-corrected chi connectivity index (χ2v) is 6.70. The van der Waals surface area contributed by atoms with Gasteiger partial charge in [-0.2, -0.15) is 0 Å². The van der Waals surface area contributed by atoms with E-state index in [-0.39, 0.29) is 18.2 Å². The minimum absolute atomic E-state index is 0.0554. The van der Waals surface area contributed by atoms with Crippen LogP contribution in [0.2, 0.25) is 0 Å².